The van der Waals surface area contributed by atoms with Gasteiger partial charge in [0.1, 0.15) is 5.75 Å². The molecule has 0 bridgehead atoms. The van der Waals surface area contributed by atoms with E-state index in [-0.39, 0.29) is 0 Å². The number of carbonyl (C=O) groups is 2. The average molecular weight is 217 g/mol. The zero-order chi connectivity index (χ0) is 11.7. The van der Waals surface area contributed by atoms with Gasteiger partial charge in [0, 0.05) is 25.6 Å². The zero-order valence-electron chi connectivity index (χ0n) is 9.06. The Balaban J connectivity index is 2.45. The van der Waals surface area contributed by atoms with Crippen molar-refractivity contribution in [2.45, 2.75) is 6.92 Å². The van der Waals surface area contributed by atoms with Crippen LogP contribution in [0.5, 0.6) is 5.75 Å². The second kappa shape index (κ2) is 3.81. The van der Waals surface area contributed by atoms with Gasteiger partial charge in [-0.2, -0.15) is 0 Å². The summed E-state index contributed by atoms with van der Waals surface area (Å²) in [5.74, 6) is -1.03. The molecular weight excluding hydrogens is 206 g/mol. The third-order valence-corrected chi connectivity index (χ3v) is 2.38. The van der Waals surface area contributed by atoms with Crippen molar-refractivity contribution < 1.29 is 14.3 Å². The predicted octanol–water partition coefficient (Wildman–Crippen LogP) is 1.67. The Hall–Kier alpha value is -2.10. The number of fused-ring (bicyclic) bond motifs is 1. The minimum Gasteiger partial charge on any atom is -0.420 e. The lowest BCUT2D eigenvalue weighted by Crippen LogP contribution is -2.16. The molecule has 2 rings (SSSR count). The Morgan fingerprint density at radius 1 is 1.25 bits per heavy atom. The third kappa shape index (κ3) is 1.69. The maximum atomic E-state index is 11.2. The lowest BCUT2D eigenvalue weighted by atomic mass is 10.2. The smallest absolute Gasteiger partial charge is 0.379 e. The fourth-order valence-corrected chi connectivity index (χ4v) is 1.53. The van der Waals surface area contributed by atoms with Crippen molar-refractivity contribution in [1.29, 1.82) is 0 Å². The molecule has 4 heteroatoms. The molecule has 2 aromatic rings. The normalized spacial score (nSPS) is 10.4. The Morgan fingerprint density at radius 2 is 2.00 bits per heavy atom. The van der Waals surface area contributed by atoms with Gasteiger partial charge in [0.2, 0.25) is 5.78 Å². The molecule has 1 heterocycles. The molecule has 0 saturated heterocycles. The highest BCUT2D eigenvalue weighted by atomic mass is 16.5. The van der Waals surface area contributed by atoms with E-state index in [2.05, 4.69) is 0 Å². The highest BCUT2D eigenvalue weighted by Gasteiger charge is 2.13. The predicted molar refractivity (Wildman–Crippen MR) is 59.2 cm³/mol. The molecule has 0 spiro atoms. The minimum atomic E-state index is -0.837. The third-order valence-electron chi connectivity index (χ3n) is 2.38. The maximum Gasteiger partial charge on any atom is 0.379 e. The fourth-order valence-electron chi connectivity index (χ4n) is 1.53. The Bertz CT molecular complexity index is 569. The first kappa shape index (κ1) is 10.4. The van der Waals surface area contributed by atoms with Gasteiger partial charge in [-0.3, -0.25) is 4.79 Å². The number of ketones is 1. The molecule has 0 unspecified atom stereocenters. The van der Waals surface area contributed by atoms with Crippen molar-refractivity contribution in [3.05, 3.63) is 30.5 Å². The second-order valence-electron chi connectivity index (χ2n) is 3.56. The number of benzene rings is 1. The van der Waals surface area contributed by atoms with Crippen LogP contribution >= 0.6 is 0 Å². The number of carbonyl (C=O) groups excluding carboxylic acids is 2. The van der Waals surface area contributed by atoms with Crippen LogP contribution in [0.15, 0.2) is 30.5 Å². The lowest BCUT2D eigenvalue weighted by molar-refractivity contribution is -0.145. The quantitative estimate of drug-likeness (QED) is 0.437. The molecule has 0 atom stereocenters. The number of hydrogen-bond donors (Lipinski definition) is 0. The first-order valence-corrected chi connectivity index (χ1v) is 4.86. The summed E-state index contributed by atoms with van der Waals surface area (Å²) in [5.41, 5.74) is 0.953. The van der Waals surface area contributed by atoms with Gasteiger partial charge in [-0.15, -0.1) is 0 Å². The number of Topliss-reactive ketones (excluding diaryl/α,β-unsaturated/α-hetero) is 1. The van der Waals surface area contributed by atoms with Gasteiger partial charge in [-0.05, 0) is 18.2 Å². The van der Waals surface area contributed by atoms with Gasteiger partial charge in [0.25, 0.3) is 0 Å². The van der Waals surface area contributed by atoms with E-state index in [1.54, 1.807) is 12.1 Å². The molecule has 0 aliphatic carbocycles. The lowest BCUT2D eigenvalue weighted by Gasteiger charge is -2.03. The van der Waals surface area contributed by atoms with Crippen LogP contribution in [-0.2, 0) is 16.6 Å². The summed E-state index contributed by atoms with van der Waals surface area (Å²) >= 11 is 0. The SMILES string of the molecule is CC(=O)C(=O)Oc1cccc2c1ccn2C. The maximum absolute atomic E-state index is 11.2. The van der Waals surface area contributed by atoms with Crippen molar-refractivity contribution >= 4 is 22.7 Å². The number of rotatable bonds is 2. The second-order valence-corrected chi connectivity index (χ2v) is 3.56. The first-order valence-electron chi connectivity index (χ1n) is 4.86. The molecule has 0 aliphatic rings. The summed E-state index contributed by atoms with van der Waals surface area (Å²) in [6, 6.07) is 7.22. The van der Waals surface area contributed by atoms with Crippen molar-refractivity contribution in [2.75, 3.05) is 0 Å². The standard InChI is InChI=1S/C12H11NO3/c1-8(14)12(15)16-11-5-3-4-10-9(11)6-7-13(10)2/h3-7H,1-2H3. The number of nitrogens with zero attached hydrogens (tertiary/aromatic N) is 1. The van der Waals surface area contributed by atoms with E-state index in [0.29, 0.717) is 5.75 Å². The van der Waals surface area contributed by atoms with E-state index in [4.69, 9.17) is 4.74 Å². The van der Waals surface area contributed by atoms with Gasteiger partial charge in [0.15, 0.2) is 0 Å². The van der Waals surface area contributed by atoms with Crippen LogP contribution in [0.3, 0.4) is 0 Å². The number of ether oxygens (including phenoxy) is 1. The topological polar surface area (TPSA) is 48.3 Å². The number of aryl methyl sites for hydroxylation is 1. The van der Waals surface area contributed by atoms with E-state index < -0.39 is 11.8 Å². The van der Waals surface area contributed by atoms with E-state index in [1.165, 1.54) is 6.92 Å². The van der Waals surface area contributed by atoms with E-state index in [9.17, 15) is 9.59 Å². The van der Waals surface area contributed by atoms with Crippen molar-refractivity contribution in [1.82, 2.24) is 4.57 Å². The van der Waals surface area contributed by atoms with E-state index in [1.807, 2.05) is 29.9 Å². The van der Waals surface area contributed by atoms with Gasteiger partial charge >= 0.3 is 5.97 Å². The molecular formula is C12H11NO3. The van der Waals surface area contributed by atoms with Crippen LogP contribution in [0.4, 0.5) is 0 Å². The molecule has 1 aromatic heterocycles. The highest BCUT2D eigenvalue weighted by molar-refractivity contribution is 6.33. The van der Waals surface area contributed by atoms with Crippen molar-refractivity contribution in [3.8, 4) is 5.75 Å². The molecule has 16 heavy (non-hydrogen) atoms. The van der Waals surface area contributed by atoms with Gasteiger partial charge in [-0.1, -0.05) is 6.07 Å². The number of aromatic nitrogens is 1. The molecule has 82 valence electrons. The molecule has 4 nitrogen and oxygen atoms in total. The summed E-state index contributed by atoms with van der Waals surface area (Å²) in [7, 11) is 1.90. The Morgan fingerprint density at radius 3 is 2.69 bits per heavy atom. The van der Waals surface area contributed by atoms with Crippen LogP contribution in [-0.4, -0.2) is 16.3 Å². The summed E-state index contributed by atoms with van der Waals surface area (Å²) in [6.45, 7) is 1.19. The Kier molecular flexibility index (Phi) is 2.48. The van der Waals surface area contributed by atoms with E-state index in [0.717, 1.165) is 10.9 Å². The number of esters is 1. The van der Waals surface area contributed by atoms with Crippen LogP contribution in [0.2, 0.25) is 0 Å². The van der Waals surface area contributed by atoms with Gasteiger partial charge in [0.05, 0.1) is 5.52 Å². The zero-order valence-corrected chi connectivity index (χ0v) is 9.06. The molecule has 1 aromatic carbocycles. The summed E-state index contributed by atoms with van der Waals surface area (Å²) in [6.07, 6.45) is 1.87. The largest absolute Gasteiger partial charge is 0.420 e. The van der Waals surface area contributed by atoms with E-state index >= 15 is 0 Å². The van der Waals surface area contributed by atoms with Gasteiger partial charge in [-0.25, -0.2) is 4.79 Å². The first-order chi connectivity index (χ1) is 7.59. The minimum absolute atomic E-state index is 0.415. The van der Waals surface area contributed by atoms with Crippen molar-refractivity contribution in [3.63, 3.8) is 0 Å². The molecule has 0 radical (unpaired) electrons. The van der Waals surface area contributed by atoms with Crippen molar-refractivity contribution in [2.24, 2.45) is 7.05 Å². The molecule has 0 amide bonds. The summed E-state index contributed by atoms with van der Waals surface area (Å²) in [4.78, 5) is 22.0. The van der Waals surface area contributed by atoms with Gasteiger partial charge < -0.3 is 9.30 Å². The van der Waals surface area contributed by atoms with Crippen LogP contribution in [0.25, 0.3) is 10.9 Å². The fraction of sp³-hybridized carbons (Fsp3) is 0.167. The highest BCUT2D eigenvalue weighted by Crippen LogP contribution is 2.25. The molecule has 0 aliphatic heterocycles. The van der Waals surface area contributed by atoms with Crippen LogP contribution in [0, 0.1) is 0 Å². The number of hydrogen-bond acceptors (Lipinski definition) is 3. The summed E-state index contributed by atoms with van der Waals surface area (Å²) in [5, 5.41) is 0.819. The molecule has 0 saturated carbocycles. The Labute approximate surface area is 92.4 Å². The van der Waals surface area contributed by atoms with Crippen LogP contribution in [0.1, 0.15) is 6.92 Å². The average Bonchev–Trinajstić information content (AvgIpc) is 2.62. The molecule has 0 N–H and O–H groups in total. The molecule has 0 fully saturated rings. The summed E-state index contributed by atoms with van der Waals surface area (Å²) < 4.78 is 6.92. The monoisotopic (exact) mass is 217 g/mol. The van der Waals surface area contributed by atoms with Crippen LogP contribution < -0.4 is 4.74 Å².